The van der Waals surface area contributed by atoms with Gasteiger partial charge in [0.2, 0.25) is 5.95 Å². The van der Waals surface area contributed by atoms with Gasteiger partial charge in [0.1, 0.15) is 0 Å². The van der Waals surface area contributed by atoms with Crippen LogP contribution in [0, 0.1) is 5.82 Å². The van der Waals surface area contributed by atoms with Crippen LogP contribution < -0.4 is 10.2 Å². The SMILES string of the molecule is CNc1nc(N2CCOC3(CCN(C)CC3)C2)ncc1F. The average molecular weight is 295 g/mol. The van der Waals surface area contributed by atoms with E-state index in [1.54, 1.807) is 7.05 Å². The topological polar surface area (TPSA) is 53.5 Å². The molecule has 0 aliphatic carbocycles. The molecule has 0 saturated carbocycles. The van der Waals surface area contributed by atoms with Crippen LogP contribution >= 0.6 is 0 Å². The highest BCUT2D eigenvalue weighted by molar-refractivity contribution is 5.42. The molecule has 21 heavy (non-hydrogen) atoms. The van der Waals surface area contributed by atoms with E-state index in [0.29, 0.717) is 12.6 Å². The number of halogens is 1. The van der Waals surface area contributed by atoms with Crippen molar-refractivity contribution < 1.29 is 9.13 Å². The molecule has 1 N–H and O–H groups in total. The molecule has 2 saturated heterocycles. The first-order valence-electron chi connectivity index (χ1n) is 7.40. The Morgan fingerprint density at radius 1 is 1.33 bits per heavy atom. The third-order valence-corrected chi connectivity index (χ3v) is 4.40. The summed E-state index contributed by atoms with van der Waals surface area (Å²) in [6, 6.07) is 0. The number of piperidine rings is 1. The lowest BCUT2D eigenvalue weighted by atomic mass is 9.89. The molecule has 2 fully saturated rings. The number of likely N-dealkylation sites (tertiary alicyclic amines) is 1. The number of hydrogen-bond acceptors (Lipinski definition) is 6. The van der Waals surface area contributed by atoms with Gasteiger partial charge in [0.15, 0.2) is 11.6 Å². The zero-order valence-electron chi connectivity index (χ0n) is 12.6. The van der Waals surface area contributed by atoms with E-state index in [-0.39, 0.29) is 11.4 Å². The van der Waals surface area contributed by atoms with Crippen molar-refractivity contribution in [1.29, 1.82) is 0 Å². The van der Waals surface area contributed by atoms with E-state index >= 15 is 0 Å². The number of rotatable bonds is 2. The van der Waals surface area contributed by atoms with Crippen molar-refractivity contribution >= 4 is 11.8 Å². The molecule has 6 nitrogen and oxygen atoms in total. The minimum atomic E-state index is -0.427. The van der Waals surface area contributed by atoms with Gasteiger partial charge in [0, 0.05) is 26.7 Å². The third-order valence-electron chi connectivity index (χ3n) is 4.40. The van der Waals surface area contributed by atoms with Gasteiger partial charge in [-0.05, 0) is 19.9 Å². The van der Waals surface area contributed by atoms with Gasteiger partial charge in [0.05, 0.1) is 24.9 Å². The zero-order valence-corrected chi connectivity index (χ0v) is 12.6. The summed E-state index contributed by atoms with van der Waals surface area (Å²) in [5.41, 5.74) is -0.109. The Balaban J connectivity index is 1.77. The minimum absolute atomic E-state index is 0.109. The van der Waals surface area contributed by atoms with E-state index in [2.05, 4.69) is 32.1 Å². The predicted molar refractivity (Wildman–Crippen MR) is 79.2 cm³/mol. The van der Waals surface area contributed by atoms with E-state index in [4.69, 9.17) is 4.74 Å². The summed E-state index contributed by atoms with van der Waals surface area (Å²) < 4.78 is 19.6. The molecule has 0 aromatic carbocycles. The molecule has 116 valence electrons. The Hall–Kier alpha value is -1.47. The first kappa shape index (κ1) is 14.5. The first-order chi connectivity index (χ1) is 10.1. The van der Waals surface area contributed by atoms with Gasteiger partial charge >= 0.3 is 0 Å². The number of morpholine rings is 1. The number of ether oxygens (including phenoxy) is 1. The van der Waals surface area contributed by atoms with Crippen molar-refractivity contribution in [2.24, 2.45) is 0 Å². The number of nitrogens with zero attached hydrogens (tertiary/aromatic N) is 4. The Kier molecular flexibility index (Phi) is 3.95. The van der Waals surface area contributed by atoms with E-state index in [1.807, 2.05) is 0 Å². The summed E-state index contributed by atoms with van der Waals surface area (Å²) in [6.07, 6.45) is 3.26. The Labute approximate surface area is 124 Å². The summed E-state index contributed by atoms with van der Waals surface area (Å²) in [6.45, 7) is 4.26. The van der Waals surface area contributed by atoms with Crippen LogP contribution in [0.25, 0.3) is 0 Å². The van der Waals surface area contributed by atoms with Gasteiger partial charge in [-0.1, -0.05) is 0 Å². The normalized spacial score (nSPS) is 22.5. The van der Waals surface area contributed by atoms with Gasteiger partial charge in [-0.15, -0.1) is 0 Å². The van der Waals surface area contributed by atoms with Crippen LogP contribution in [0.2, 0.25) is 0 Å². The number of hydrogen-bond donors (Lipinski definition) is 1. The maximum absolute atomic E-state index is 13.5. The third kappa shape index (κ3) is 2.94. The average Bonchev–Trinajstić information content (AvgIpc) is 2.51. The smallest absolute Gasteiger partial charge is 0.227 e. The molecule has 0 radical (unpaired) electrons. The van der Waals surface area contributed by atoms with Crippen LogP contribution in [0.3, 0.4) is 0 Å². The molecule has 2 aliphatic rings. The summed E-state index contributed by atoms with van der Waals surface area (Å²) >= 11 is 0. The van der Waals surface area contributed by atoms with Crippen LogP contribution in [-0.4, -0.2) is 67.4 Å². The highest BCUT2D eigenvalue weighted by atomic mass is 19.1. The number of aromatic nitrogens is 2. The van der Waals surface area contributed by atoms with E-state index in [1.165, 1.54) is 6.20 Å². The van der Waals surface area contributed by atoms with Crippen molar-refractivity contribution in [1.82, 2.24) is 14.9 Å². The molecule has 3 rings (SSSR count). The monoisotopic (exact) mass is 295 g/mol. The second kappa shape index (κ2) is 5.73. The molecular weight excluding hydrogens is 273 g/mol. The highest BCUT2D eigenvalue weighted by Crippen LogP contribution is 2.31. The van der Waals surface area contributed by atoms with E-state index < -0.39 is 5.82 Å². The Morgan fingerprint density at radius 3 is 2.81 bits per heavy atom. The van der Waals surface area contributed by atoms with Gasteiger partial charge in [-0.3, -0.25) is 0 Å². The largest absolute Gasteiger partial charge is 0.371 e. The quantitative estimate of drug-likeness (QED) is 0.877. The standard InChI is InChI=1S/C14H22FN5O/c1-16-12-11(15)9-17-13(18-12)20-7-8-21-14(10-20)3-5-19(2)6-4-14/h9H,3-8,10H2,1-2H3,(H,16,17,18). The highest BCUT2D eigenvalue weighted by Gasteiger charge is 2.39. The van der Waals surface area contributed by atoms with Crippen molar-refractivity contribution in [2.45, 2.75) is 18.4 Å². The molecule has 0 amide bonds. The second-order valence-corrected chi connectivity index (χ2v) is 5.87. The molecule has 0 unspecified atom stereocenters. The molecule has 0 bridgehead atoms. The maximum atomic E-state index is 13.5. The fraction of sp³-hybridized carbons (Fsp3) is 0.714. The van der Waals surface area contributed by atoms with Gasteiger partial charge < -0.3 is 19.9 Å². The molecule has 3 heterocycles. The predicted octanol–water partition coefficient (Wildman–Crippen LogP) is 0.958. The molecule has 0 atom stereocenters. The van der Waals surface area contributed by atoms with Gasteiger partial charge in [-0.25, -0.2) is 9.37 Å². The summed E-state index contributed by atoms with van der Waals surface area (Å²) in [5.74, 6) is 0.384. The molecule has 7 heteroatoms. The Morgan fingerprint density at radius 2 is 2.10 bits per heavy atom. The van der Waals surface area contributed by atoms with Crippen LogP contribution in [-0.2, 0) is 4.74 Å². The van der Waals surface area contributed by atoms with Crippen LogP contribution in [0.1, 0.15) is 12.8 Å². The lowest BCUT2D eigenvalue weighted by Gasteiger charge is -2.46. The first-order valence-corrected chi connectivity index (χ1v) is 7.40. The van der Waals surface area contributed by atoms with E-state index in [0.717, 1.165) is 39.0 Å². The minimum Gasteiger partial charge on any atom is -0.371 e. The van der Waals surface area contributed by atoms with Crippen LogP contribution in [0.15, 0.2) is 6.20 Å². The summed E-state index contributed by atoms with van der Waals surface area (Å²) in [5, 5.41) is 2.76. The van der Waals surface area contributed by atoms with Gasteiger partial charge in [0.25, 0.3) is 0 Å². The zero-order chi connectivity index (χ0) is 14.9. The summed E-state index contributed by atoms with van der Waals surface area (Å²) in [4.78, 5) is 12.8. The Bertz CT molecular complexity index is 504. The summed E-state index contributed by atoms with van der Waals surface area (Å²) in [7, 11) is 3.79. The van der Waals surface area contributed by atoms with Crippen molar-refractivity contribution in [3.63, 3.8) is 0 Å². The van der Waals surface area contributed by atoms with E-state index in [9.17, 15) is 4.39 Å². The number of nitrogens with one attached hydrogen (secondary N) is 1. The number of anilines is 2. The maximum Gasteiger partial charge on any atom is 0.227 e. The molecule has 1 aromatic heterocycles. The van der Waals surface area contributed by atoms with Crippen molar-refractivity contribution in [3.05, 3.63) is 12.0 Å². The van der Waals surface area contributed by atoms with Crippen LogP contribution in [0.4, 0.5) is 16.2 Å². The molecule has 1 spiro atoms. The lowest BCUT2D eigenvalue weighted by Crippen LogP contribution is -2.56. The van der Waals surface area contributed by atoms with Gasteiger partial charge in [-0.2, -0.15) is 4.98 Å². The molecular formula is C14H22FN5O. The van der Waals surface area contributed by atoms with Crippen LogP contribution in [0.5, 0.6) is 0 Å². The molecule has 2 aliphatic heterocycles. The fourth-order valence-electron chi connectivity index (χ4n) is 3.03. The fourth-order valence-corrected chi connectivity index (χ4v) is 3.03. The lowest BCUT2D eigenvalue weighted by molar-refractivity contribution is -0.0886. The molecule has 1 aromatic rings. The van der Waals surface area contributed by atoms with Crippen molar-refractivity contribution in [2.75, 3.05) is 57.1 Å². The van der Waals surface area contributed by atoms with Crippen molar-refractivity contribution in [3.8, 4) is 0 Å². The second-order valence-electron chi connectivity index (χ2n) is 5.87.